The second-order valence-electron chi connectivity index (χ2n) is 4.13. The summed E-state index contributed by atoms with van der Waals surface area (Å²) in [5, 5.41) is 6.16. The quantitative estimate of drug-likeness (QED) is 0.773. The lowest BCUT2D eigenvalue weighted by atomic mass is 10.1. The van der Waals surface area contributed by atoms with Crippen LogP contribution in [0.5, 0.6) is 0 Å². The molecule has 1 saturated heterocycles. The van der Waals surface area contributed by atoms with E-state index in [1.807, 2.05) is 13.8 Å². The van der Waals surface area contributed by atoms with E-state index < -0.39 is 0 Å². The van der Waals surface area contributed by atoms with Gasteiger partial charge in [0.2, 0.25) is 5.91 Å². The van der Waals surface area contributed by atoms with E-state index >= 15 is 0 Å². The Bertz CT molecular complexity index is 395. The van der Waals surface area contributed by atoms with E-state index in [0.29, 0.717) is 13.0 Å². The third-order valence-electron chi connectivity index (χ3n) is 2.68. The molecule has 86 valence electrons. The Labute approximate surface area is 94.7 Å². The molecular weight excluding hydrogens is 204 g/mol. The zero-order valence-corrected chi connectivity index (χ0v) is 9.58. The molecule has 1 atom stereocenters. The summed E-state index contributed by atoms with van der Waals surface area (Å²) >= 11 is 0. The highest BCUT2D eigenvalue weighted by Gasteiger charge is 2.18. The van der Waals surface area contributed by atoms with Gasteiger partial charge >= 0.3 is 0 Å². The minimum absolute atomic E-state index is 0.130. The number of hydrogen-bond donors (Lipinski definition) is 2. The van der Waals surface area contributed by atoms with E-state index in [4.69, 9.17) is 0 Å². The van der Waals surface area contributed by atoms with Gasteiger partial charge in [0, 0.05) is 25.2 Å². The number of amides is 1. The average Bonchev–Trinajstić information content (AvgIpc) is 2.27. The maximum absolute atomic E-state index is 11.0. The number of carbonyl (C=O) groups is 1. The standard InChI is InChI=1S/C11H16N4O/c1-7-5-12-8(2)11(14-7)15-9-3-4-10(16)13-6-9/h5,9H,3-4,6H2,1-2H3,(H,13,16)(H,14,15). The van der Waals surface area contributed by atoms with Crippen LogP contribution in [0.15, 0.2) is 6.20 Å². The van der Waals surface area contributed by atoms with Crippen molar-refractivity contribution in [3.63, 3.8) is 0 Å². The van der Waals surface area contributed by atoms with Crippen molar-refractivity contribution in [1.82, 2.24) is 15.3 Å². The monoisotopic (exact) mass is 220 g/mol. The predicted molar refractivity (Wildman–Crippen MR) is 61.2 cm³/mol. The molecule has 1 aliphatic heterocycles. The van der Waals surface area contributed by atoms with Crippen molar-refractivity contribution in [3.8, 4) is 0 Å². The van der Waals surface area contributed by atoms with E-state index in [9.17, 15) is 4.79 Å². The molecular formula is C11H16N4O. The first-order valence-electron chi connectivity index (χ1n) is 5.48. The third-order valence-corrected chi connectivity index (χ3v) is 2.68. The fourth-order valence-electron chi connectivity index (χ4n) is 1.72. The van der Waals surface area contributed by atoms with E-state index in [1.54, 1.807) is 6.20 Å². The molecule has 5 heteroatoms. The summed E-state index contributed by atoms with van der Waals surface area (Å²) in [7, 11) is 0. The van der Waals surface area contributed by atoms with Crippen molar-refractivity contribution in [2.75, 3.05) is 11.9 Å². The Morgan fingerprint density at radius 1 is 1.50 bits per heavy atom. The molecule has 1 unspecified atom stereocenters. The molecule has 2 N–H and O–H groups in total. The molecule has 2 heterocycles. The third kappa shape index (κ3) is 2.48. The summed E-state index contributed by atoms with van der Waals surface area (Å²) in [6, 6.07) is 0.257. The largest absolute Gasteiger partial charge is 0.364 e. The van der Waals surface area contributed by atoms with Crippen molar-refractivity contribution in [2.24, 2.45) is 0 Å². The number of piperidine rings is 1. The number of aromatic nitrogens is 2. The lowest BCUT2D eigenvalue weighted by Gasteiger charge is -2.24. The molecule has 0 bridgehead atoms. The summed E-state index contributed by atoms with van der Waals surface area (Å²) in [4.78, 5) is 19.7. The lowest BCUT2D eigenvalue weighted by Crippen LogP contribution is -2.42. The topological polar surface area (TPSA) is 66.9 Å². The molecule has 1 aromatic rings. The van der Waals surface area contributed by atoms with Gasteiger partial charge in [0.15, 0.2) is 0 Å². The van der Waals surface area contributed by atoms with E-state index in [0.717, 1.165) is 23.6 Å². The maximum Gasteiger partial charge on any atom is 0.220 e. The summed E-state index contributed by atoms with van der Waals surface area (Å²) in [6.07, 6.45) is 3.18. The zero-order valence-electron chi connectivity index (χ0n) is 9.58. The van der Waals surface area contributed by atoms with Crippen LogP contribution in [-0.2, 0) is 4.79 Å². The number of hydrogen-bond acceptors (Lipinski definition) is 4. The van der Waals surface area contributed by atoms with Crippen LogP contribution in [0.1, 0.15) is 24.2 Å². The molecule has 0 spiro atoms. The van der Waals surface area contributed by atoms with Gasteiger partial charge in [-0.25, -0.2) is 4.98 Å². The fraction of sp³-hybridized carbons (Fsp3) is 0.545. The van der Waals surface area contributed by atoms with Gasteiger partial charge in [-0.2, -0.15) is 0 Å². The van der Waals surface area contributed by atoms with Gasteiger partial charge in [-0.05, 0) is 20.3 Å². The Morgan fingerprint density at radius 3 is 3.00 bits per heavy atom. The van der Waals surface area contributed by atoms with Crippen LogP contribution in [0.3, 0.4) is 0 Å². The Balaban J connectivity index is 2.03. The normalized spacial score (nSPS) is 20.4. The fourth-order valence-corrected chi connectivity index (χ4v) is 1.72. The molecule has 0 saturated carbocycles. The van der Waals surface area contributed by atoms with Crippen LogP contribution in [0.4, 0.5) is 5.82 Å². The summed E-state index contributed by atoms with van der Waals surface area (Å²) in [6.45, 7) is 4.50. The van der Waals surface area contributed by atoms with Crippen LogP contribution in [-0.4, -0.2) is 28.5 Å². The molecule has 1 amide bonds. The first kappa shape index (κ1) is 10.9. The summed E-state index contributed by atoms with van der Waals surface area (Å²) in [5.74, 6) is 0.950. The molecule has 5 nitrogen and oxygen atoms in total. The van der Waals surface area contributed by atoms with Gasteiger partial charge in [-0.3, -0.25) is 9.78 Å². The van der Waals surface area contributed by atoms with Gasteiger partial charge in [-0.15, -0.1) is 0 Å². The van der Waals surface area contributed by atoms with E-state index in [1.165, 1.54) is 0 Å². The second-order valence-corrected chi connectivity index (χ2v) is 4.13. The van der Waals surface area contributed by atoms with E-state index in [-0.39, 0.29) is 11.9 Å². The average molecular weight is 220 g/mol. The van der Waals surface area contributed by atoms with Crippen molar-refractivity contribution in [2.45, 2.75) is 32.7 Å². The molecule has 16 heavy (non-hydrogen) atoms. The van der Waals surface area contributed by atoms with Gasteiger partial charge in [-0.1, -0.05) is 0 Å². The van der Waals surface area contributed by atoms with Crippen LogP contribution in [0.25, 0.3) is 0 Å². The van der Waals surface area contributed by atoms with Crippen LogP contribution in [0.2, 0.25) is 0 Å². The van der Waals surface area contributed by atoms with Crippen LogP contribution >= 0.6 is 0 Å². The predicted octanol–water partition coefficient (Wildman–Crippen LogP) is 0.784. The highest BCUT2D eigenvalue weighted by Crippen LogP contribution is 2.13. The van der Waals surface area contributed by atoms with E-state index in [2.05, 4.69) is 20.6 Å². The SMILES string of the molecule is Cc1cnc(C)c(NC2CCC(=O)NC2)n1. The summed E-state index contributed by atoms with van der Waals surface area (Å²) in [5.41, 5.74) is 1.79. The van der Waals surface area contributed by atoms with Crippen LogP contribution < -0.4 is 10.6 Å². The number of rotatable bonds is 2. The molecule has 1 aromatic heterocycles. The van der Waals surface area contributed by atoms with Crippen molar-refractivity contribution >= 4 is 11.7 Å². The van der Waals surface area contributed by atoms with Crippen molar-refractivity contribution in [1.29, 1.82) is 0 Å². The number of carbonyl (C=O) groups excluding carboxylic acids is 1. The second kappa shape index (κ2) is 4.47. The lowest BCUT2D eigenvalue weighted by molar-refractivity contribution is -0.122. The first-order valence-corrected chi connectivity index (χ1v) is 5.48. The molecule has 2 rings (SSSR count). The molecule has 0 aromatic carbocycles. The van der Waals surface area contributed by atoms with Gasteiger partial charge in [0.1, 0.15) is 5.82 Å². The van der Waals surface area contributed by atoms with Gasteiger partial charge < -0.3 is 10.6 Å². The minimum Gasteiger partial charge on any atom is -0.364 e. The van der Waals surface area contributed by atoms with Crippen molar-refractivity contribution in [3.05, 3.63) is 17.6 Å². The van der Waals surface area contributed by atoms with Crippen LogP contribution in [0, 0.1) is 13.8 Å². The number of nitrogens with one attached hydrogen (secondary N) is 2. The number of aryl methyl sites for hydroxylation is 2. The molecule has 1 fully saturated rings. The smallest absolute Gasteiger partial charge is 0.220 e. The number of anilines is 1. The Kier molecular flexibility index (Phi) is 3.03. The highest BCUT2D eigenvalue weighted by molar-refractivity contribution is 5.77. The number of nitrogens with zero attached hydrogens (tertiary/aromatic N) is 2. The Morgan fingerprint density at radius 2 is 2.31 bits per heavy atom. The molecule has 0 radical (unpaired) electrons. The van der Waals surface area contributed by atoms with Gasteiger partial charge in [0.25, 0.3) is 0 Å². The maximum atomic E-state index is 11.0. The molecule has 1 aliphatic rings. The van der Waals surface area contributed by atoms with Crippen molar-refractivity contribution < 1.29 is 4.79 Å². The highest BCUT2D eigenvalue weighted by atomic mass is 16.1. The Hall–Kier alpha value is -1.65. The summed E-state index contributed by atoms with van der Waals surface area (Å²) < 4.78 is 0. The minimum atomic E-state index is 0.130. The zero-order chi connectivity index (χ0) is 11.5. The first-order chi connectivity index (χ1) is 7.65. The molecule has 0 aliphatic carbocycles. The van der Waals surface area contributed by atoms with Gasteiger partial charge in [0.05, 0.1) is 11.4 Å².